The van der Waals surface area contributed by atoms with Crippen LogP contribution in [0.15, 0.2) is 113 Å². The van der Waals surface area contributed by atoms with Crippen LogP contribution in [0.5, 0.6) is 11.5 Å². The second-order valence-corrected chi connectivity index (χ2v) is 10.3. The van der Waals surface area contributed by atoms with Gasteiger partial charge in [0, 0.05) is 16.9 Å². The number of nitrogens with one attached hydrogen (secondary N) is 1. The van der Waals surface area contributed by atoms with Crippen molar-refractivity contribution in [2.24, 2.45) is 5.10 Å². The van der Waals surface area contributed by atoms with E-state index >= 15 is 0 Å². The number of nitrogens with zero attached hydrogens (tertiary/aromatic N) is 2. The Balaban J connectivity index is 1.26. The van der Waals surface area contributed by atoms with Crippen LogP contribution in [0, 0.1) is 12.7 Å². The van der Waals surface area contributed by atoms with Crippen molar-refractivity contribution in [3.05, 3.63) is 136 Å². The molecule has 8 heteroatoms. The molecule has 5 rings (SSSR count). The van der Waals surface area contributed by atoms with Crippen LogP contribution in [0.2, 0.25) is 0 Å². The summed E-state index contributed by atoms with van der Waals surface area (Å²) in [4.78, 5) is 12.8. The number of amides is 1. The molecule has 212 valence electrons. The van der Waals surface area contributed by atoms with Gasteiger partial charge in [0.15, 0.2) is 11.5 Å². The number of hydrazone groups is 1. The highest BCUT2D eigenvalue weighted by atomic mass is 79.9. The molecule has 6 nitrogen and oxygen atoms in total. The molecule has 0 spiro atoms. The van der Waals surface area contributed by atoms with Crippen LogP contribution < -0.4 is 14.9 Å². The summed E-state index contributed by atoms with van der Waals surface area (Å²) in [5.41, 5.74) is 8.72. The highest BCUT2D eigenvalue weighted by Crippen LogP contribution is 2.37. The van der Waals surface area contributed by atoms with Crippen molar-refractivity contribution in [1.82, 2.24) is 9.99 Å². The Kier molecular flexibility index (Phi) is 9.14. The van der Waals surface area contributed by atoms with E-state index < -0.39 is 0 Å². The van der Waals surface area contributed by atoms with Gasteiger partial charge in [-0.15, -0.1) is 0 Å². The number of hydrogen-bond acceptors (Lipinski definition) is 4. The lowest BCUT2D eigenvalue weighted by molar-refractivity contribution is 0.0955. The summed E-state index contributed by atoms with van der Waals surface area (Å²) in [6.45, 7) is 4.53. The highest BCUT2D eigenvalue weighted by molar-refractivity contribution is 9.10. The van der Waals surface area contributed by atoms with Gasteiger partial charge >= 0.3 is 0 Å². The van der Waals surface area contributed by atoms with Gasteiger partial charge in [-0.25, -0.2) is 9.82 Å². The topological polar surface area (TPSA) is 64.8 Å². The van der Waals surface area contributed by atoms with Gasteiger partial charge in [-0.2, -0.15) is 5.10 Å². The number of aromatic nitrogens is 1. The lowest BCUT2D eigenvalue weighted by atomic mass is 10.1. The van der Waals surface area contributed by atoms with Crippen LogP contribution in [0.4, 0.5) is 4.39 Å². The number of benzene rings is 4. The number of aryl methyl sites for hydroxylation is 1. The van der Waals surface area contributed by atoms with E-state index in [1.165, 1.54) is 18.3 Å². The minimum absolute atomic E-state index is 0.177. The van der Waals surface area contributed by atoms with Crippen molar-refractivity contribution >= 4 is 28.1 Å². The predicted octanol–water partition coefficient (Wildman–Crippen LogP) is 8.10. The zero-order chi connectivity index (χ0) is 29.5. The summed E-state index contributed by atoms with van der Waals surface area (Å²) in [7, 11) is 0. The maximum Gasteiger partial charge on any atom is 0.271 e. The highest BCUT2D eigenvalue weighted by Gasteiger charge is 2.14. The maximum atomic E-state index is 13.5. The van der Waals surface area contributed by atoms with E-state index in [9.17, 15) is 9.18 Å². The molecule has 42 heavy (non-hydrogen) atoms. The molecule has 1 heterocycles. The monoisotopic (exact) mass is 625 g/mol. The van der Waals surface area contributed by atoms with Crippen LogP contribution in [0.25, 0.3) is 16.9 Å². The third kappa shape index (κ3) is 6.78. The Morgan fingerprint density at radius 3 is 2.48 bits per heavy atom. The number of carbonyl (C=O) groups is 1. The normalized spacial score (nSPS) is 11.0. The Hall–Kier alpha value is -4.69. The van der Waals surface area contributed by atoms with E-state index in [2.05, 4.69) is 62.2 Å². The van der Waals surface area contributed by atoms with Crippen LogP contribution >= 0.6 is 15.9 Å². The van der Waals surface area contributed by atoms with Gasteiger partial charge in [0.05, 0.1) is 23.0 Å². The Morgan fingerprint density at radius 1 is 0.952 bits per heavy atom. The molecular weight excluding hydrogens is 597 g/mol. The number of ether oxygens (including phenoxy) is 2. The summed E-state index contributed by atoms with van der Waals surface area (Å²) in [5, 5.41) is 4.14. The molecule has 0 aliphatic carbocycles. The molecule has 0 atom stereocenters. The minimum atomic E-state index is -0.329. The fourth-order valence-corrected chi connectivity index (χ4v) is 5.13. The fraction of sp³-hybridized carbons (Fsp3) is 0.118. The molecule has 1 aromatic heterocycles. The van der Waals surface area contributed by atoms with Crippen molar-refractivity contribution in [3.63, 3.8) is 0 Å². The van der Waals surface area contributed by atoms with E-state index in [0.717, 1.165) is 22.6 Å². The first-order valence-corrected chi connectivity index (χ1v) is 14.2. The average Bonchev–Trinajstić information content (AvgIpc) is 3.38. The van der Waals surface area contributed by atoms with Crippen molar-refractivity contribution in [2.75, 3.05) is 6.61 Å². The van der Waals surface area contributed by atoms with Crippen LogP contribution in [-0.4, -0.2) is 23.3 Å². The molecule has 0 saturated carbocycles. The first-order chi connectivity index (χ1) is 20.4. The Bertz CT molecular complexity index is 1720. The molecule has 0 fully saturated rings. The molecule has 5 aromatic rings. The van der Waals surface area contributed by atoms with E-state index in [1.54, 1.807) is 36.4 Å². The van der Waals surface area contributed by atoms with Crippen LogP contribution in [0.3, 0.4) is 0 Å². The second-order valence-electron chi connectivity index (χ2n) is 9.49. The number of carbonyl (C=O) groups excluding carboxylic acids is 1. The van der Waals surface area contributed by atoms with E-state index in [0.29, 0.717) is 39.3 Å². The van der Waals surface area contributed by atoms with Gasteiger partial charge in [0.2, 0.25) is 0 Å². The summed E-state index contributed by atoms with van der Waals surface area (Å²) in [5.74, 6) is 0.347. The average molecular weight is 627 g/mol. The molecule has 1 amide bonds. The van der Waals surface area contributed by atoms with Crippen molar-refractivity contribution in [1.29, 1.82) is 0 Å². The van der Waals surface area contributed by atoms with Crippen molar-refractivity contribution in [2.45, 2.75) is 20.5 Å². The first kappa shape index (κ1) is 28.8. The molecule has 0 saturated heterocycles. The molecular formula is C34H29BrFN3O3. The van der Waals surface area contributed by atoms with Gasteiger partial charge in [0.25, 0.3) is 5.91 Å². The first-order valence-electron chi connectivity index (χ1n) is 13.4. The molecule has 0 aliphatic heterocycles. The summed E-state index contributed by atoms with van der Waals surface area (Å²) in [6, 6.07) is 31.6. The third-order valence-electron chi connectivity index (χ3n) is 6.52. The molecule has 0 bridgehead atoms. The second kappa shape index (κ2) is 13.3. The zero-order valence-corrected chi connectivity index (χ0v) is 24.8. The van der Waals surface area contributed by atoms with Gasteiger partial charge in [0.1, 0.15) is 12.4 Å². The largest absolute Gasteiger partial charge is 0.490 e. The lowest BCUT2D eigenvalue weighted by Crippen LogP contribution is -2.17. The van der Waals surface area contributed by atoms with Gasteiger partial charge < -0.3 is 14.0 Å². The van der Waals surface area contributed by atoms with Gasteiger partial charge in [-0.05, 0) is 107 Å². The summed E-state index contributed by atoms with van der Waals surface area (Å²) >= 11 is 3.53. The molecule has 0 radical (unpaired) electrons. The molecule has 1 N–H and O–H groups in total. The number of hydrogen-bond donors (Lipinski definition) is 1. The third-order valence-corrected chi connectivity index (χ3v) is 7.11. The van der Waals surface area contributed by atoms with E-state index in [4.69, 9.17) is 9.47 Å². The standard InChI is InChI=1S/C34H29BrFN3O3/c1-3-41-32-20-25(19-30(35)33(32)42-22-24-8-7-11-28(36)18-24)21-37-38-34(40)27-13-15-29(16-14-27)39-23(2)12-17-31(39)26-9-5-4-6-10-26/h4-21H,3,22H2,1-2H3,(H,38,40)/b37-21+. The minimum Gasteiger partial charge on any atom is -0.490 e. The van der Waals surface area contributed by atoms with E-state index in [-0.39, 0.29) is 18.3 Å². The van der Waals surface area contributed by atoms with Crippen LogP contribution in [-0.2, 0) is 6.61 Å². The predicted molar refractivity (Wildman–Crippen MR) is 167 cm³/mol. The van der Waals surface area contributed by atoms with Crippen LogP contribution in [0.1, 0.15) is 34.1 Å². The Labute approximate surface area is 252 Å². The number of rotatable bonds is 10. The summed E-state index contributed by atoms with van der Waals surface area (Å²) < 4.78 is 28.1. The van der Waals surface area contributed by atoms with E-state index in [1.807, 2.05) is 37.3 Å². The SMILES string of the molecule is CCOc1cc(/C=N/NC(=O)c2ccc(-n3c(C)ccc3-c3ccccc3)cc2)cc(Br)c1OCc1cccc(F)c1. The lowest BCUT2D eigenvalue weighted by Gasteiger charge is -2.14. The zero-order valence-electron chi connectivity index (χ0n) is 23.2. The Morgan fingerprint density at radius 2 is 1.74 bits per heavy atom. The van der Waals surface area contributed by atoms with Gasteiger partial charge in [-0.3, -0.25) is 4.79 Å². The quantitative estimate of drug-likeness (QED) is 0.126. The fourth-order valence-electron chi connectivity index (χ4n) is 4.56. The smallest absolute Gasteiger partial charge is 0.271 e. The van der Waals surface area contributed by atoms with Crippen molar-refractivity contribution < 1.29 is 18.7 Å². The molecule has 4 aromatic carbocycles. The summed E-state index contributed by atoms with van der Waals surface area (Å²) in [6.07, 6.45) is 1.53. The van der Waals surface area contributed by atoms with Gasteiger partial charge in [-0.1, -0.05) is 42.5 Å². The number of halogens is 2. The molecule has 0 unspecified atom stereocenters. The molecule has 0 aliphatic rings. The van der Waals surface area contributed by atoms with Crippen molar-refractivity contribution in [3.8, 4) is 28.4 Å². The maximum absolute atomic E-state index is 13.5.